The summed E-state index contributed by atoms with van der Waals surface area (Å²) in [6.45, 7) is 1.88. The van der Waals surface area contributed by atoms with Gasteiger partial charge in [0, 0.05) is 0 Å². The van der Waals surface area contributed by atoms with Crippen molar-refractivity contribution in [1.29, 1.82) is 5.26 Å². The zero-order valence-corrected chi connectivity index (χ0v) is 13.9. The molecule has 0 aliphatic carbocycles. The second-order valence-corrected chi connectivity index (χ2v) is 7.46. The number of allylic oxidation sites excluding steroid dienone is 1. The van der Waals surface area contributed by atoms with Gasteiger partial charge in [-0.3, -0.25) is 0 Å². The lowest BCUT2D eigenvalue weighted by Crippen LogP contribution is -2.03. The molecule has 3 aromatic carbocycles. The molecule has 3 nitrogen and oxygen atoms in total. The van der Waals surface area contributed by atoms with Crippen LogP contribution < -0.4 is 0 Å². The fourth-order valence-electron chi connectivity index (χ4n) is 2.46. The molecule has 0 spiro atoms. The molecule has 0 unspecified atom stereocenters. The van der Waals surface area contributed by atoms with Crippen LogP contribution in [0.1, 0.15) is 11.1 Å². The summed E-state index contributed by atoms with van der Waals surface area (Å²) in [5.74, 6) is 0. The van der Waals surface area contributed by atoms with Crippen LogP contribution in [0.25, 0.3) is 16.8 Å². The van der Waals surface area contributed by atoms with E-state index in [9.17, 15) is 13.7 Å². The predicted molar refractivity (Wildman–Crippen MR) is 95.9 cm³/mol. The number of aryl methyl sites for hydroxylation is 1. The van der Waals surface area contributed by atoms with Crippen molar-refractivity contribution in [3.63, 3.8) is 0 Å². The first-order valence-corrected chi connectivity index (χ1v) is 8.91. The van der Waals surface area contributed by atoms with Gasteiger partial charge in [-0.25, -0.2) is 8.42 Å². The summed E-state index contributed by atoms with van der Waals surface area (Å²) in [5.41, 5.74) is 1.65. The van der Waals surface area contributed by atoms with E-state index >= 15 is 0 Å². The maximum atomic E-state index is 12.7. The average Bonchev–Trinajstić information content (AvgIpc) is 2.59. The molecular weight excluding hydrogens is 318 g/mol. The van der Waals surface area contributed by atoms with Crippen molar-refractivity contribution in [1.82, 2.24) is 0 Å². The predicted octanol–water partition coefficient (Wildman–Crippen LogP) is 4.49. The summed E-state index contributed by atoms with van der Waals surface area (Å²) in [6, 6.07) is 21.7. The molecule has 0 aromatic heterocycles. The Morgan fingerprint density at radius 1 is 0.958 bits per heavy atom. The van der Waals surface area contributed by atoms with Crippen molar-refractivity contribution in [2.45, 2.75) is 11.8 Å². The monoisotopic (exact) mass is 333 g/mol. The average molecular weight is 333 g/mol. The highest BCUT2D eigenvalue weighted by atomic mass is 32.2. The van der Waals surface area contributed by atoms with E-state index in [1.54, 1.807) is 12.1 Å². The lowest BCUT2D eigenvalue weighted by molar-refractivity contribution is 0.603. The molecule has 0 bridgehead atoms. The van der Waals surface area contributed by atoms with E-state index < -0.39 is 9.84 Å². The lowest BCUT2D eigenvalue weighted by atomic mass is 10.1. The largest absolute Gasteiger partial charge is 0.218 e. The van der Waals surface area contributed by atoms with E-state index in [0.717, 1.165) is 16.3 Å². The lowest BCUT2D eigenvalue weighted by Gasteiger charge is -2.04. The first-order chi connectivity index (χ1) is 11.5. The van der Waals surface area contributed by atoms with E-state index in [-0.39, 0.29) is 9.80 Å². The van der Waals surface area contributed by atoms with Gasteiger partial charge in [-0.05, 0) is 47.5 Å². The van der Waals surface area contributed by atoms with Gasteiger partial charge in [0.25, 0.3) is 0 Å². The standard InChI is InChI=1S/C20H15NO2S/c1-15-6-10-19(11-7-15)24(22,23)20(14-21)13-16-8-9-17-4-2-3-5-18(17)12-16/h2-13H,1H3/b20-13-. The minimum absolute atomic E-state index is 0.127. The minimum atomic E-state index is -3.82. The summed E-state index contributed by atoms with van der Waals surface area (Å²) in [4.78, 5) is -0.136. The second kappa shape index (κ2) is 6.31. The van der Waals surface area contributed by atoms with Crippen molar-refractivity contribution in [2.75, 3.05) is 0 Å². The van der Waals surface area contributed by atoms with Gasteiger partial charge in [-0.1, -0.05) is 54.1 Å². The Balaban J connectivity index is 2.07. The molecule has 0 heterocycles. The number of fused-ring (bicyclic) bond motifs is 1. The Hall–Kier alpha value is -2.90. The van der Waals surface area contributed by atoms with E-state index in [0.29, 0.717) is 5.56 Å². The normalized spacial score (nSPS) is 12.1. The molecule has 0 saturated heterocycles. The number of benzene rings is 3. The van der Waals surface area contributed by atoms with Crippen LogP contribution in [-0.4, -0.2) is 8.42 Å². The fraction of sp³-hybridized carbons (Fsp3) is 0.0500. The molecule has 0 aliphatic heterocycles. The summed E-state index contributed by atoms with van der Waals surface area (Å²) in [5, 5.41) is 11.4. The highest BCUT2D eigenvalue weighted by Gasteiger charge is 2.20. The molecule has 0 N–H and O–H groups in total. The molecular formula is C20H15NO2S. The molecule has 0 aliphatic rings. The van der Waals surface area contributed by atoms with Gasteiger partial charge in [0.15, 0.2) is 0 Å². The maximum absolute atomic E-state index is 12.7. The number of hydrogen-bond acceptors (Lipinski definition) is 3. The molecule has 0 fully saturated rings. The van der Waals surface area contributed by atoms with E-state index in [1.807, 2.05) is 55.5 Å². The number of sulfone groups is 1. The van der Waals surface area contributed by atoms with Crippen LogP contribution in [0.3, 0.4) is 0 Å². The van der Waals surface area contributed by atoms with Crippen molar-refractivity contribution in [3.05, 3.63) is 82.8 Å². The summed E-state index contributed by atoms with van der Waals surface area (Å²) in [6.07, 6.45) is 1.42. The number of rotatable bonds is 3. The van der Waals surface area contributed by atoms with E-state index in [1.165, 1.54) is 18.2 Å². The molecule has 24 heavy (non-hydrogen) atoms. The van der Waals surface area contributed by atoms with Crippen LogP contribution in [0.2, 0.25) is 0 Å². The minimum Gasteiger partial charge on any atom is -0.218 e. The highest BCUT2D eigenvalue weighted by molar-refractivity contribution is 7.95. The summed E-state index contributed by atoms with van der Waals surface area (Å²) < 4.78 is 25.3. The smallest absolute Gasteiger partial charge is 0.216 e. The third-order valence-electron chi connectivity index (χ3n) is 3.80. The third-order valence-corrected chi connectivity index (χ3v) is 5.48. The summed E-state index contributed by atoms with van der Waals surface area (Å²) >= 11 is 0. The molecule has 3 aromatic rings. The molecule has 0 amide bonds. The highest BCUT2D eigenvalue weighted by Crippen LogP contribution is 2.23. The van der Waals surface area contributed by atoms with Crippen LogP contribution in [0.4, 0.5) is 0 Å². The van der Waals surface area contributed by atoms with Gasteiger partial charge >= 0.3 is 0 Å². The Bertz CT molecular complexity index is 1070. The number of hydrogen-bond donors (Lipinski definition) is 0. The molecule has 0 atom stereocenters. The topological polar surface area (TPSA) is 57.9 Å². The Labute approximate surface area is 141 Å². The summed E-state index contributed by atoms with van der Waals surface area (Å²) in [7, 11) is -3.82. The van der Waals surface area contributed by atoms with Crippen LogP contribution in [-0.2, 0) is 9.84 Å². The third kappa shape index (κ3) is 3.08. The van der Waals surface area contributed by atoms with Gasteiger partial charge in [-0.15, -0.1) is 0 Å². The van der Waals surface area contributed by atoms with Gasteiger partial charge in [0.1, 0.15) is 11.0 Å². The van der Waals surface area contributed by atoms with E-state index in [4.69, 9.17) is 0 Å². The fourth-order valence-corrected chi connectivity index (χ4v) is 3.62. The molecule has 0 radical (unpaired) electrons. The molecule has 3 rings (SSSR count). The molecule has 0 saturated carbocycles. The van der Waals surface area contributed by atoms with Crippen LogP contribution >= 0.6 is 0 Å². The van der Waals surface area contributed by atoms with Crippen LogP contribution in [0.15, 0.2) is 76.5 Å². The number of nitriles is 1. The Morgan fingerprint density at radius 3 is 2.29 bits per heavy atom. The van der Waals surface area contributed by atoms with Crippen molar-refractivity contribution in [3.8, 4) is 6.07 Å². The van der Waals surface area contributed by atoms with Crippen molar-refractivity contribution >= 4 is 26.7 Å². The van der Waals surface area contributed by atoms with Gasteiger partial charge in [-0.2, -0.15) is 5.26 Å². The maximum Gasteiger partial charge on any atom is 0.216 e. The zero-order chi connectivity index (χ0) is 17.2. The van der Waals surface area contributed by atoms with Crippen molar-refractivity contribution < 1.29 is 8.42 Å². The molecule has 4 heteroatoms. The Morgan fingerprint density at radius 2 is 1.62 bits per heavy atom. The second-order valence-electron chi connectivity index (χ2n) is 5.54. The quantitative estimate of drug-likeness (QED) is 0.664. The first-order valence-electron chi connectivity index (χ1n) is 7.43. The SMILES string of the molecule is Cc1ccc(S(=O)(=O)/C(C#N)=C\c2ccc3ccccc3c2)cc1. The Kier molecular flexibility index (Phi) is 4.20. The number of nitrogens with zero attached hydrogens (tertiary/aromatic N) is 1. The van der Waals surface area contributed by atoms with Crippen molar-refractivity contribution in [2.24, 2.45) is 0 Å². The van der Waals surface area contributed by atoms with Crippen LogP contribution in [0.5, 0.6) is 0 Å². The van der Waals surface area contributed by atoms with Gasteiger partial charge in [0.05, 0.1) is 4.90 Å². The van der Waals surface area contributed by atoms with Crippen LogP contribution in [0, 0.1) is 18.3 Å². The zero-order valence-electron chi connectivity index (χ0n) is 13.1. The first kappa shape index (κ1) is 16.0. The van der Waals surface area contributed by atoms with Gasteiger partial charge < -0.3 is 0 Å². The van der Waals surface area contributed by atoms with E-state index in [2.05, 4.69) is 0 Å². The molecule has 118 valence electrons. The van der Waals surface area contributed by atoms with Gasteiger partial charge in [0.2, 0.25) is 9.84 Å².